The smallest absolute Gasteiger partial charge is 0.111 e. The molecule has 1 heterocycles. The molecule has 0 aliphatic heterocycles. The van der Waals surface area contributed by atoms with Gasteiger partial charge in [-0.3, -0.25) is 0 Å². The molecule has 106 valence electrons. The largest absolute Gasteiger partial charge is 0.337 e. The predicted octanol–water partition coefficient (Wildman–Crippen LogP) is 5.02. The van der Waals surface area contributed by atoms with E-state index in [2.05, 4.69) is 75.8 Å². The van der Waals surface area contributed by atoms with Crippen LogP contribution in [0, 0.1) is 0 Å². The highest BCUT2D eigenvalue weighted by Gasteiger charge is 2.12. The number of hydrogen-bond donors (Lipinski definition) is 0. The number of aromatic nitrogens is 2. The molecule has 2 heteroatoms. The van der Waals surface area contributed by atoms with Crippen LogP contribution in [0.3, 0.4) is 0 Å². The Labute approximate surface area is 122 Å². The van der Waals surface area contributed by atoms with Crippen LogP contribution in [0.5, 0.6) is 0 Å². The summed E-state index contributed by atoms with van der Waals surface area (Å²) in [5.41, 5.74) is 4.82. The maximum Gasteiger partial charge on any atom is 0.111 e. The van der Waals surface area contributed by atoms with Gasteiger partial charge >= 0.3 is 0 Å². The monoisotopic (exact) mass is 268 g/mol. The molecule has 0 radical (unpaired) electrons. The zero-order valence-corrected chi connectivity index (χ0v) is 13.1. The molecular formula is C18H24N2. The van der Waals surface area contributed by atoms with E-state index in [1.807, 2.05) is 0 Å². The van der Waals surface area contributed by atoms with Crippen LogP contribution in [-0.2, 0) is 7.05 Å². The first-order valence-electron chi connectivity index (χ1n) is 7.33. The Morgan fingerprint density at radius 2 is 1.95 bits per heavy atom. The van der Waals surface area contributed by atoms with Gasteiger partial charge in [-0.15, -0.1) is 0 Å². The Hall–Kier alpha value is -1.83. The summed E-state index contributed by atoms with van der Waals surface area (Å²) in [6, 6.07) is 8.65. The van der Waals surface area contributed by atoms with E-state index in [-0.39, 0.29) is 0 Å². The standard InChI is InChI=1S/C18H24N2/c1-6-13(3)15-8-10-16(11-9-15)17-12-20(5)18(19-17)14(4)7-2/h6,8-12,14H,7H2,1-5H3/b13-6+/t14-/m0/s1. The van der Waals surface area contributed by atoms with Crippen molar-refractivity contribution in [1.29, 1.82) is 0 Å². The summed E-state index contributed by atoms with van der Waals surface area (Å²) in [6.45, 7) is 8.63. The summed E-state index contributed by atoms with van der Waals surface area (Å²) in [6.07, 6.45) is 5.37. The number of hydrogen-bond acceptors (Lipinski definition) is 1. The fourth-order valence-corrected chi connectivity index (χ4v) is 2.33. The van der Waals surface area contributed by atoms with Crippen molar-refractivity contribution in [3.63, 3.8) is 0 Å². The fraction of sp³-hybridized carbons (Fsp3) is 0.389. The molecular weight excluding hydrogens is 244 g/mol. The van der Waals surface area contributed by atoms with E-state index in [1.54, 1.807) is 0 Å². The van der Waals surface area contributed by atoms with Gasteiger partial charge in [-0.05, 0) is 31.4 Å². The van der Waals surface area contributed by atoms with Crippen molar-refractivity contribution < 1.29 is 0 Å². The van der Waals surface area contributed by atoms with E-state index in [1.165, 1.54) is 16.7 Å². The second-order valence-corrected chi connectivity index (χ2v) is 5.45. The lowest BCUT2D eigenvalue weighted by Gasteiger charge is -2.07. The number of nitrogens with zero attached hydrogens (tertiary/aromatic N) is 2. The zero-order chi connectivity index (χ0) is 14.7. The van der Waals surface area contributed by atoms with Gasteiger partial charge in [0.1, 0.15) is 5.82 Å². The lowest BCUT2D eigenvalue weighted by Crippen LogP contribution is -2.00. The Bertz CT molecular complexity index is 603. The summed E-state index contributed by atoms with van der Waals surface area (Å²) < 4.78 is 2.15. The Balaban J connectivity index is 2.33. The topological polar surface area (TPSA) is 17.8 Å². The first kappa shape index (κ1) is 14.6. The minimum atomic E-state index is 0.498. The van der Waals surface area contributed by atoms with E-state index in [9.17, 15) is 0 Å². The normalized spacial score (nSPS) is 13.6. The SMILES string of the molecule is C/C=C(\C)c1ccc(-c2cn(C)c([C@@H](C)CC)n2)cc1. The van der Waals surface area contributed by atoms with Crippen LogP contribution in [0.15, 0.2) is 36.5 Å². The number of rotatable bonds is 4. The van der Waals surface area contributed by atoms with Gasteiger partial charge in [0.15, 0.2) is 0 Å². The van der Waals surface area contributed by atoms with Crippen LogP contribution in [0.2, 0.25) is 0 Å². The second-order valence-electron chi connectivity index (χ2n) is 5.45. The lowest BCUT2D eigenvalue weighted by molar-refractivity contribution is 0.642. The van der Waals surface area contributed by atoms with Crippen molar-refractivity contribution in [1.82, 2.24) is 9.55 Å². The van der Waals surface area contributed by atoms with Gasteiger partial charge in [0.05, 0.1) is 5.69 Å². The van der Waals surface area contributed by atoms with Crippen LogP contribution in [0.25, 0.3) is 16.8 Å². The molecule has 0 bridgehead atoms. The molecule has 0 aliphatic carbocycles. The van der Waals surface area contributed by atoms with Crippen LogP contribution >= 0.6 is 0 Å². The third-order valence-corrected chi connectivity index (χ3v) is 4.03. The number of imidazole rings is 1. The molecule has 20 heavy (non-hydrogen) atoms. The van der Waals surface area contributed by atoms with Gasteiger partial charge < -0.3 is 4.57 Å². The van der Waals surface area contributed by atoms with Gasteiger partial charge in [-0.2, -0.15) is 0 Å². The first-order chi connectivity index (χ1) is 9.56. The first-order valence-corrected chi connectivity index (χ1v) is 7.33. The maximum atomic E-state index is 4.79. The molecule has 0 fully saturated rings. The van der Waals surface area contributed by atoms with Crippen LogP contribution < -0.4 is 0 Å². The number of allylic oxidation sites excluding steroid dienone is 2. The molecule has 0 aliphatic rings. The third kappa shape index (κ3) is 2.84. The molecule has 0 saturated heterocycles. The molecule has 0 N–H and O–H groups in total. The highest BCUT2D eigenvalue weighted by atomic mass is 15.0. The Kier molecular flexibility index (Phi) is 4.43. The van der Waals surface area contributed by atoms with Crippen molar-refractivity contribution in [2.24, 2.45) is 7.05 Å². The van der Waals surface area contributed by atoms with Crippen molar-refractivity contribution >= 4 is 5.57 Å². The Morgan fingerprint density at radius 3 is 2.50 bits per heavy atom. The summed E-state index contributed by atoms with van der Waals surface area (Å²) in [7, 11) is 2.08. The van der Waals surface area contributed by atoms with Crippen molar-refractivity contribution in [3.05, 3.63) is 47.9 Å². The van der Waals surface area contributed by atoms with E-state index in [0.29, 0.717) is 5.92 Å². The average molecular weight is 268 g/mol. The highest BCUT2D eigenvalue weighted by molar-refractivity contribution is 5.67. The summed E-state index contributed by atoms with van der Waals surface area (Å²) >= 11 is 0. The summed E-state index contributed by atoms with van der Waals surface area (Å²) in [4.78, 5) is 4.79. The van der Waals surface area contributed by atoms with E-state index in [4.69, 9.17) is 4.98 Å². The summed E-state index contributed by atoms with van der Waals surface area (Å²) in [5.74, 6) is 1.66. The zero-order valence-electron chi connectivity index (χ0n) is 13.1. The quantitative estimate of drug-likeness (QED) is 0.761. The molecule has 2 rings (SSSR count). The van der Waals surface area contributed by atoms with E-state index < -0.39 is 0 Å². The minimum Gasteiger partial charge on any atom is -0.337 e. The van der Waals surface area contributed by atoms with Gasteiger partial charge in [-0.25, -0.2) is 4.98 Å². The van der Waals surface area contributed by atoms with E-state index >= 15 is 0 Å². The van der Waals surface area contributed by atoms with Crippen molar-refractivity contribution in [2.45, 2.75) is 40.0 Å². The maximum absolute atomic E-state index is 4.79. The molecule has 0 saturated carbocycles. The van der Waals surface area contributed by atoms with Crippen molar-refractivity contribution in [3.8, 4) is 11.3 Å². The van der Waals surface area contributed by atoms with Gasteiger partial charge in [0, 0.05) is 24.7 Å². The Morgan fingerprint density at radius 1 is 1.30 bits per heavy atom. The van der Waals surface area contributed by atoms with Gasteiger partial charge in [0.2, 0.25) is 0 Å². The third-order valence-electron chi connectivity index (χ3n) is 4.03. The molecule has 0 amide bonds. The minimum absolute atomic E-state index is 0.498. The number of benzene rings is 1. The number of aryl methyl sites for hydroxylation is 1. The fourth-order valence-electron chi connectivity index (χ4n) is 2.33. The molecule has 1 aromatic heterocycles. The lowest BCUT2D eigenvalue weighted by atomic mass is 10.0. The van der Waals surface area contributed by atoms with Gasteiger partial charge in [-0.1, -0.05) is 44.2 Å². The van der Waals surface area contributed by atoms with Crippen LogP contribution in [-0.4, -0.2) is 9.55 Å². The predicted molar refractivity (Wildman–Crippen MR) is 86.7 cm³/mol. The molecule has 2 aromatic rings. The van der Waals surface area contributed by atoms with Crippen LogP contribution in [0.4, 0.5) is 0 Å². The second kappa shape index (κ2) is 6.08. The molecule has 1 aromatic carbocycles. The van der Waals surface area contributed by atoms with Crippen LogP contribution in [0.1, 0.15) is 51.4 Å². The van der Waals surface area contributed by atoms with E-state index in [0.717, 1.165) is 17.9 Å². The molecule has 0 unspecified atom stereocenters. The molecule has 2 nitrogen and oxygen atoms in total. The molecule has 1 atom stereocenters. The molecule has 0 spiro atoms. The average Bonchev–Trinajstić information content (AvgIpc) is 2.87. The van der Waals surface area contributed by atoms with Crippen molar-refractivity contribution in [2.75, 3.05) is 0 Å². The highest BCUT2D eigenvalue weighted by Crippen LogP contribution is 2.25. The summed E-state index contributed by atoms with van der Waals surface area (Å²) in [5, 5.41) is 0. The van der Waals surface area contributed by atoms with Gasteiger partial charge in [0.25, 0.3) is 0 Å².